The van der Waals surface area contributed by atoms with Crippen molar-refractivity contribution in [2.45, 2.75) is 5.41 Å². The summed E-state index contributed by atoms with van der Waals surface area (Å²) in [7, 11) is 0. The third-order valence-corrected chi connectivity index (χ3v) is 10.8. The topological polar surface area (TPSA) is 0 Å². The standard InChI is InChI=1S/C45H26/c1-4-18-39-31(12-1)32-13-2-5-19-40(32)45(39)41-20-6-3-14-33(41)37-25-24-29(34-17-9-21-42(45)44(34)37)28-22-23-30-35-15-7-10-27-11-8-16-36(43(27)35)38(30)26-28/h1-26H. The van der Waals surface area contributed by atoms with Crippen LogP contribution in [0.4, 0.5) is 0 Å². The molecule has 0 amide bonds. The molecule has 0 heteroatoms. The van der Waals surface area contributed by atoms with Gasteiger partial charge in [0.15, 0.2) is 0 Å². The van der Waals surface area contributed by atoms with Crippen molar-refractivity contribution in [3.8, 4) is 55.6 Å². The van der Waals surface area contributed by atoms with Gasteiger partial charge < -0.3 is 0 Å². The van der Waals surface area contributed by atoms with Gasteiger partial charge in [-0.3, -0.25) is 0 Å². The summed E-state index contributed by atoms with van der Waals surface area (Å²) in [4.78, 5) is 0. The van der Waals surface area contributed by atoms with Crippen molar-refractivity contribution in [2.24, 2.45) is 0 Å². The molecule has 0 radical (unpaired) electrons. The third-order valence-electron chi connectivity index (χ3n) is 10.8. The summed E-state index contributed by atoms with van der Waals surface area (Å²) in [6.07, 6.45) is 0. The van der Waals surface area contributed by atoms with Crippen LogP contribution in [0.3, 0.4) is 0 Å². The van der Waals surface area contributed by atoms with E-state index in [1.54, 1.807) is 0 Å². The maximum Gasteiger partial charge on any atom is 0.0725 e. The van der Waals surface area contributed by atoms with Crippen molar-refractivity contribution >= 4 is 21.5 Å². The van der Waals surface area contributed by atoms with E-state index in [1.165, 1.54) is 99.4 Å². The quantitative estimate of drug-likeness (QED) is 0.185. The molecule has 45 heavy (non-hydrogen) atoms. The van der Waals surface area contributed by atoms with E-state index < -0.39 is 0 Å². The molecular formula is C45H26. The Labute approximate surface area is 261 Å². The van der Waals surface area contributed by atoms with E-state index in [9.17, 15) is 0 Å². The number of hydrogen-bond donors (Lipinski definition) is 0. The van der Waals surface area contributed by atoms with Crippen LogP contribution >= 0.6 is 0 Å². The first-order valence-electron chi connectivity index (χ1n) is 15.9. The Morgan fingerprint density at radius 2 is 0.778 bits per heavy atom. The van der Waals surface area contributed by atoms with Gasteiger partial charge in [-0.25, -0.2) is 0 Å². The second-order valence-corrected chi connectivity index (χ2v) is 12.7. The van der Waals surface area contributed by atoms with Crippen LogP contribution in [0, 0.1) is 0 Å². The second kappa shape index (κ2) is 8.25. The van der Waals surface area contributed by atoms with E-state index in [0.29, 0.717) is 0 Å². The molecule has 0 N–H and O–H groups in total. The summed E-state index contributed by atoms with van der Waals surface area (Å²) < 4.78 is 0. The average Bonchev–Trinajstić information content (AvgIpc) is 3.59. The zero-order chi connectivity index (χ0) is 29.3. The minimum absolute atomic E-state index is 0.371. The van der Waals surface area contributed by atoms with E-state index in [0.717, 1.165) is 0 Å². The fourth-order valence-corrected chi connectivity index (χ4v) is 9.16. The van der Waals surface area contributed by atoms with Crippen LogP contribution in [-0.2, 0) is 5.41 Å². The lowest BCUT2D eigenvalue weighted by Crippen LogP contribution is -2.31. The molecule has 3 aliphatic rings. The summed E-state index contributed by atoms with van der Waals surface area (Å²) in [5, 5.41) is 5.37. The van der Waals surface area contributed by atoms with Crippen LogP contribution in [0.5, 0.6) is 0 Å². The van der Waals surface area contributed by atoms with Crippen LogP contribution in [0.2, 0.25) is 0 Å². The second-order valence-electron chi connectivity index (χ2n) is 12.7. The molecule has 8 aromatic rings. The highest BCUT2D eigenvalue weighted by Crippen LogP contribution is 2.62. The Morgan fingerprint density at radius 3 is 1.47 bits per heavy atom. The predicted octanol–water partition coefficient (Wildman–Crippen LogP) is 11.7. The Bertz CT molecular complexity index is 2550. The molecule has 0 saturated carbocycles. The molecular weight excluding hydrogens is 540 g/mol. The largest absolute Gasteiger partial charge is 0.0725 e. The smallest absolute Gasteiger partial charge is 0.0619 e. The van der Waals surface area contributed by atoms with Gasteiger partial charge in [-0.15, -0.1) is 0 Å². The van der Waals surface area contributed by atoms with Crippen LogP contribution in [0.25, 0.3) is 77.2 Å². The minimum atomic E-state index is -0.371. The fraction of sp³-hybridized carbons (Fsp3) is 0.0222. The van der Waals surface area contributed by atoms with Gasteiger partial charge in [-0.1, -0.05) is 152 Å². The highest BCUT2D eigenvalue weighted by atomic mass is 14.5. The van der Waals surface area contributed by atoms with E-state index in [-0.39, 0.29) is 5.41 Å². The summed E-state index contributed by atoms with van der Waals surface area (Å²) in [5.41, 5.74) is 18.4. The monoisotopic (exact) mass is 566 g/mol. The number of fused-ring (bicyclic) bond motifs is 12. The summed E-state index contributed by atoms with van der Waals surface area (Å²) >= 11 is 0. The lowest BCUT2D eigenvalue weighted by molar-refractivity contribution is 0.773. The zero-order valence-corrected chi connectivity index (χ0v) is 24.5. The predicted molar refractivity (Wildman–Crippen MR) is 188 cm³/mol. The Morgan fingerprint density at radius 1 is 0.289 bits per heavy atom. The molecule has 8 aromatic carbocycles. The van der Waals surface area contributed by atoms with Crippen LogP contribution < -0.4 is 0 Å². The summed E-state index contributed by atoms with van der Waals surface area (Å²) in [6, 6.07) is 59.5. The Hall–Kier alpha value is -5.72. The van der Waals surface area contributed by atoms with Gasteiger partial charge in [0.05, 0.1) is 5.41 Å². The first-order valence-corrected chi connectivity index (χ1v) is 15.9. The van der Waals surface area contributed by atoms with Crippen molar-refractivity contribution in [1.29, 1.82) is 0 Å². The minimum Gasteiger partial charge on any atom is -0.0619 e. The van der Waals surface area contributed by atoms with Gasteiger partial charge in [0.1, 0.15) is 0 Å². The zero-order valence-electron chi connectivity index (χ0n) is 24.5. The van der Waals surface area contributed by atoms with Crippen molar-refractivity contribution in [2.75, 3.05) is 0 Å². The van der Waals surface area contributed by atoms with E-state index in [4.69, 9.17) is 0 Å². The normalized spacial score (nSPS) is 14.0. The maximum atomic E-state index is 2.43. The summed E-state index contributed by atoms with van der Waals surface area (Å²) in [5.74, 6) is 0. The third kappa shape index (κ3) is 2.75. The molecule has 1 spiro atoms. The SMILES string of the molecule is c1ccc2c(c1)-c1ccccc1C21c2ccccc2-c2ccc(-c3ccc4c(c3)-c3cccc5cccc-4c35)c3cccc1c23. The lowest BCUT2D eigenvalue weighted by atomic mass is 9.61. The molecule has 206 valence electrons. The molecule has 3 aliphatic carbocycles. The van der Waals surface area contributed by atoms with Gasteiger partial charge in [0.25, 0.3) is 0 Å². The fourth-order valence-electron chi connectivity index (χ4n) is 9.16. The van der Waals surface area contributed by atoms with Gasteiger partial charge in [0.2, 0.25) is 0 Å². The molecule has 0 nitrogen and oxygen atoms in total. The Balaban J connectivity index is 1.23. The molecule has 0 aliphatic heterocycles. The van der Waals surface area contributed by atoms with Crippen LogP contribution in [-0.4, -0.2) is 0 Å². The molecule has 0 aromatic heterocycles. The van der Waals surface area contributed by atoms with Crippen LogP contribution in [0.1, 0.15) is 22.3 Å². The Kier molecular flexibility index (Phi) is 4.35. The van der Waals surface area contributed by atoms with Gasteiger partial charge in [0, 0.05) is 0 Å². The molecule has 0 heterocycles. The highest BCUT2D eigenvalue weighted by molar-refractivity contribution is 6.17. The van der Waals surface area contributed by atoms with E-state index >= 15 is 0 Å². The molecule has 0 fully saturated rings. The number of rotatable bonds is 1. The van der Waals surface area contributed by atoms with Crippen LogP contribution in [0.15, 0.2) is 158 Å². The molecule has 0 bridgehead atoms. The van der Waals surface area contributed by atoms with Gasteiger partial charge >= 0.3 is 0 Å². The van der Waals surface area contributed by atoms with E-state index in [2.05, 4.69) is 158 Å². The molecule has 0 unspecified atom stereocenters. The molecule has 0 atom stereocenters. The number of hydrogen-bond acceptors (Lipinski definition) is 0. The average molecular weight is 567 g/mol. The van der Waals surface area contributed by atoms with Crippen molar-refractivity contribution < 1.29 is 0 Å². The molecule has 11 rings (SSSR count). The molecule has 0 saturated heterocycles. The van der Waals surface area contributed by atoms with Gasteiger partial charge in [-0.2, -0.15) is 0 Å². The summed E-state index contributed by atoms with van der Waals surface area (Å²) in [6.45, 7) is 0. The van der Waals surface area contributed by atoms with Gasteiger partial charge in [-0.05, 0) is 105 Å². The number of benzene rings is 8. The van der Waals surface area contributed by atoms with Crippen molar-refractivity contribution in [1.82, 2.24) is 0 Å². The first-order chi connectivity index (χ1) is 22.3. The van der Waals surface area contributed by atoms with Crippen molar-refractivity contribution in [3.63, 3.8) is 0 Å². The van der Waals surface area contributed by atoms with E-state index in [1.807, 2.05) is 0 Å². The lowest BCUT2D eigenvalue weighted by Gasteiger charge is -2.40. The van der Waals surface area contributed by atoms with Crippen molar-refractivity contribution in [3.05, 3.63) is 180 Å². The first kappa shape index (κ1) is 23.7. The highest BCUT2D eigenvalue weighted by Gasteiger charge is 2.49. The maximum absolute atomic E-state index is 2.43.